The highest BCUT2D eigenvalue weighted by Crippen LogP contribution is 2.22. The van der Waals surface area contributed by atoms with Crippen molar-refractivity contribution in [2.75, 3.05) is 25.5 Å². The number of nitrogens with zero attached hydrogens (tertiary/aromatic N) is 2. The lowest BCUT2D eigenvalue weighted by Crippen LogP contribution is -2.42. The Hall–Kier alpha value is -2.63. The summed E-state index contributed by atoms with van der Waals surface area (Å²) in [5.74, 6) is 0.605. The van der Waals surface area contributed by atoms with E-state index in [1.54, 1.807) is 18.3 Å². The summed E-state index contributed by atoms with van der Waals surface area (Å²) in [6, 6.07) is 9.95. The van der Waals surface area contributed by atoms with E-state index >= 15 is 0 Å². The summed E-state index contributed by atoms with van der Waals surface area (Å²) in [6.07, 6.45) is 1.75. The van der Waals surface area contributed by atoms with Crippen molar-refractivity contribution in [3.63, 3.8) is 0 Å². The zero-order chi connectivity index (χ0) is 18.4. The average Bonchev–Trinajstić information content (AvgIpc) is 2.59. The lowest BCUT2D eigenvalue weighted by atomic mass is 9.84. The number of hydrogen-bond donors (Lipinski definition) is 2. The van der Waals surface area contributed by atoms with E-state index in [1.165, 1.54) is 12.1 Å². The highest BCUT2D eigenvalue weighted by Gasteiger charge is 2.21. The van der Waals surface area contributed by atoms with Gasteiger partial charge in [0.2, 0.25) is 0 Å². The van der Waals surface area contributed by atoms with Gasteiger partial charge in [-0.3, -0.25) is 0 Å². The van der Waals surface area contributed by atoms with E-state index in [2.05, 4.69) is 15.6 Å². The molecule has 0 fully saturated rings. The molecule has 2 aromatic rings. The van der Waals surface area contributed by atoms with Gasteiger partial charge >= 0.3 is 6.03 Å². The van der Waals surface area contributed by atoms with E-state index < -0.39 is 0 Å². The van der Waals surface area contributed by atoms with Gasteiger partial charge in [-0.15, -0.1) is 0 Å². The third kappa shape index (κ3) is 5.45. The predicted molar refractivity (Wildman–Crippen MR) is 98.2 cm³/mol. The number of rotatable bonds is 6. The second-order valence-electron chi connectivity index (χ2n) is 6.85. The molecule has 0 atom stereocenters. The Morgan fingerprint density at radius 2 is 1.80 bits per heavy atom. The highest BCUT2D eigenvalue weighted by molar-refractivity contribution is 5.74. The van der Waals surface area contributed by atoms with Gasteiger partial charge in [0.15, 0.2) is 0 Å². The van der Waals surface area contributed by atoms with Crippen LogP contribution in [0, 0.1) is 5.82 Å². The molecule has 2 N–H and O–H groups in total. The number of hydrogen-bond acceptors (Lipinski definition) is 3. The Balaban J connectivity index is 1.82. The molecule has 0 unspecified atom stereocenters. The van der Waals surface area contributed by atoms with Crippen LogP contribution in [0.5, 0.6) is 0 Å². The van der Waals surface area contributed by atoms with Gasteiger partial charge in [0.1, 0.15) is 11.6 Å². The number of carbonyl (C=O) groups excluding carboxylic acids is 1. The molecule has 0 saturated carbocycles. The monoisotopic (exact) mass is 344 g/mol. The zero-order valence-corrected chi connectivity index (χ0v) is 15.1. The molecular weight excluding hydrogens is 319 g/mol. The smallest absolute Gasteiger partial charge is 0.315 e. The molecule has 0 saturated heterocycles. The maximum Gasteiger partial charge on any atom is 0.315 e. The van der Waals surface area contributed by atoms with E-state index in [0.717, 1.165) is 16.9 Å². The lowest BCUT2D eigenvalue weighted by molar-refractivity contribution is 0.238. The summed E-state index contributed by atoms with van der Waals surface area (Å²) in [6.45, 7) is 4.86. The standard InChI is InChI=1S/C19H25FN4O/c1-19(2,15-6-8-16(20)9-7-15)13-23-18(25)22-12-14-5-10-17(21-11-14)24(3)4/h5-11H,12-13H2,1-4H3,(H2,22,23,25). The first-order valence-corrected chi connectivity index (χ1v) is 8.18. The molecule has 1 heterocycles. The first kappa shape index (κ1) is 18.7. The number of aromatic nitrogens is 1. The van der Waals surface area contributed by atoms with Crippen LogP contribution in [0.3, 0.4) is 0 Å². The number of pyridine rings is 1. The molecule has 2 rings (SSSR count). The molecule has 0 aliphatic rings. The number of anilines is 1. The molecule has 0 bridgehead atoms. The fourth-order valence-corrected chi connectivity index (χ4v) is 2.34. The maximum atomic E-state index is 13.0. The largest absolute Gasteiger partial charge is 0.363 e. The molecule has 134 valence electrons. The Morgan fingerprint density at radius 1 is 1.12 bits per heavy atom. The number of halogens is 1. The van der Waals surface area contributed by atoms with Crippen molar-refractivity contribution in [2.45, 2.75) is 25.8 Å². The van der Waals surface area contributed by atoms with E-state index in [0.29, 0.717) is 13.1 Å². The van der Waals surface area contributed by atoms with Crippen molar-refractivity contribution >= 4 is 11.8 Å². The minimum absolute atomic E-state index is 0.244. The molecule has 1 aromatic heterocycles. The number of amides is 2. The number of carbonyl (C=O) groups is 1. The molecule has 0 spiro atoms. The van der Waals surface area contributed by atoms with Crippen LogP contribution in [0.15, 0.2) is 42.6 Å². The Kier molecular flexibility index (Phi) is 5.96. The highest BCUT2D eigenvalue weighted by atomic mass is 19.1. The molecule has 0 aliphatic heterocycles. The topological polar surface area (TPSA) is 57.3 Å². The molecule has 2 amide bonds. The molecule has 5 nitrogen and oxygen atoms in total. The minimum atomic E-state index is -0.292. The fraction of sp³-hybridized carbons (Fsp3) is 0.368. The summed E-state index contributed by atoms with van der Waals surface area (Å²) in [7, 11) is 3.85. The van der Waals surface area contributed by atoms with Crippen LogP contribution < -0.4 is 15.5 Å². The molecule has 1 aromatic carbocycles. The second-order valence-corrected chi connectivity index (χ2v) is 6.85. The van der Waals surface area contributed by atoms with Crippen LogP contribution in [0.1, 0.15) is 25.0 Å². The Bertz CT molecular complexity index is 696. The lowest BCUT2D eigenvalue weighted by Gasteiger charge is -2.25. The van der Waals surface area contributed by atoms with Crippen molar-refractivity contribution in [2.24, 2.45) is 0 Å². The van der Waals surface area contributed by atoms with Gasteiger partial charge in [0.25, 0.3) is 0 Å². The second kappa shape index (κ2) is 7.96. The molecule has 6 heteroatoms. The van der Waals surface area contributed by atoms with Gasteiger partial charge in [-0.25, -0.2) is 14.2 Å². The van der Waals surface area contributed by atoms with Crippen molar-refractivity contribution in [1.82, 2.24) is 15.6 Å². The molecule has 25 heavy (non-hydrogen) atoms. The van der Waals surface area contributed by atoms with E-state index in [4.69, 9.17) is 0 Å². The zero-order valence-electron chi connectivity index (χ0n) is 15.1. The van der Waals surface area contributed by atoms with E-state index in [1.807, 2.05) is 45.0 Å². The van der Waals surface area contributed by atoms with E-state index in [9.17, 15) is 9.18 Å². The van der Waals surface area contributed by atoms with Gasteiger partial charge in [-0.2, -0.15) is 0 Å². The van der Waals surface area contributed by atoms with Gasteiger partial charge in [-0.1, -0.05) is 32.0 Å². The molecular formula is C19H25FN4O. The SMILES string of the molecule is CN(C)c1ccc(CNC(=O)NCC(C)(C)c2ccc(F)cc2)cn1. The van der Waals surface area contributed by atoms with Crippen molar-refractivity contribution < 1.29 is 9.18 Å². The van der Waals surface area contributed by atoms with Crippen LogP contribution in [-0.2, 0) is 12.0 Å². The van der Waals surface area contributed by atoms with Gasteiger partial charge < -0.3 is 15.5 Å². The van der Waals surface area contributed by atoms with Crippen LogP contribution in [0.25, 0.3) is 0 Å². The third-order valence-corrected chi connectivity index (χ3v) is 4.04. The van der Waals surface area contributed by atoms with Gasteiger partial charge in [-0.05, 0) is 29.3 Å². The summed E-state index contributed by atoms with van der Waals surface area (Å²) in [5, 5.41) is 5.68. The average molecular weight is 344 g/mol. The van der Waals surface area contributed by atoms with Crippen LogP contribution in [0.2, 0.25) is 0 Å². The summed E-state index contributed by atoms with van der Waals surface area (Å²) in [4.78, 5) is 18.2. The third-order valence-electron chi connectivity index (χ3n) is 4.04. The van der Waals surface area contributed by atoms with Crippen LogP contribution in [0.4, 0.5) is 15.0 Å². The quantitative estimate of drug-likeness (QED) is 0.847. The normalized spacial score (nSPS) is 11.1. The first-order chi connectivity index (χ1) is 11.8. The van der Waals surface area contributed by atoms with Gasteiger partial charge in [0.05, 0.1) is 0 Å². The minimum Gasteiger partial charge on any atom is -0.363 e. The van der Waals surface area contributed by atoms with Crippen molar-refractivity contribution in [3.05, 3.63) is 59.5 Å². The summed E-state index contributed by atoms with van der Waals surface area (Å²) >= 11 is 0. The fourth-order valence-electron chi connectivity index (χ4n) is 2.34. The van der Waals surface area contributed by atoms with Crippen molar-refractivity contribution in [3.8, 4) is 0 Å². The summed E-state index contributed by atoms with van der Waals surface area (Å²) in [5.41, 5.74) is 1.61. The van der Waals surface area contributed by atoms with Crippen molar-refractivity contribution in [1.29, 1.82) is 0 Å². The van der Waals surface area contributed by atoms with Gasteiger partial charge in [0, 0.05) is 38.8 Å². The molecule has 0 radical (unpaired) electrons. The summed E-state index contributed by atoms with van der Waals surface area (Å²) < 4.78 is 13.0. The van der Waals surface area contributed by atoms with Crippen LogP contribution >= 0.6 is 0 Å². The first-order valence-electron chi connectivity index (χ1n) is 8.18. The number of urea groups is 1. The van der Waals surface area contributed by atoms with Crippen LogP contribution in [-0.4, -0.2) is 31.7 Å². The van der Waals surface area contributed by atoms with E-state index in [-0.39, 0.29) is 17.3 Å². The number of benzene rings is 1. The predicted octanol–water partition coefficient (Wildman–Crippen LogP) is 3.06. The maximum absolute atomic E-state index is 13.0. The Morgan fingerprint density at radius 3 is 2.36 bits per heavy atom. The Labute approximate surface area is 148 Å². The number of nitrogens with one attached hydrogen (secondary N) is 2. The molecule has 0 aliphatic carbocycles.